The summed E-state index contributed by atoms with van der Waals surface area (Å²) in [6, 6.07) is 0.668. The summed E-state index contributed by atoms with van der Waals surface area (Å²) in [7, 11) is 0. The lowest BCUT2D eigenvalue weighted by atomic mass is 9.88. The summed E-state index contributed by atoms with van der Waals surface area (Å²) in [5.74, 6) is 0. The van der Waals surface area contributed by atoms with Gasteiger partial charge in [0.1, 0.15) is 6.61 Å². The van der Waals surface area contributed by atoms with Gasteiger partial charge in [-0.3, -0.25) is 0 Å². The highest BCUT2D eigenvalue weighted by atomic mass is 19.3. The van der Waals surface area contributed by atoms with Gasteiger partial charge in [-0.1, -0.05) is 13.8 Å². The first kappa shape index (κ1) is 10.9. The van der Waals surface area contributed by atoms with Gasteiger partial charge in [0.05, 0.1) is 6.10 Å². The van der Waals surface area contributed by atoms with Gasteiger partial charge in [0.25, 0.3) is 6.43 Å². The fraction of sp³-hybridized carbons (Fsp3) is 1.00. The standard InChI is InChI=1S/C9H17F2NO/c1-6(2)12-7-3-4-8(7)13-5-9(10)11/h6-9,12H,3-5H2,1-2H3/t7-,8+/m0/s1. The largest absolute Gasteiger partial charge is 0.371 e. The van der Waals surface area contributed by atoms with Crippen LogP contribution < -0.4 is 5.32 Å². The summed E-state index contributed by atoms with van der Waals surface area (Å²) in [4.78, 5) is 0. The molecule has 0 radical (unpaired) electrons. The van der Waals surface area contributed by atoms with Crippen molar-refractivity contribution in [2.45, 2.75) is 51.3 Å². The number of nitrogens with one attached hydrogen (secondary N) is 1. The molecule has 4 heteroatoms. The third kappa shape index (κ3) is 3.56. The maximum absolute atomic E-state index is 11.8. The van der Waals surface area contributed by atoms with Crippen molar-refractivity contribution in [1.29, 1.82) is 0 Å². The topological polar surface area (TPSA) is 21.3 Å². The molecule has 0 aliphatic heterocycles. The summed E-state index contributed by atoms with van der Waals surface area (Å²) < 4.78 is 28.6. The molecule has 0 amide bonds. The summed E-state index contributed by atoms with van der Waals surface area (Å²) in [6.07, 6.45) is -0.417. The number of hydrogen-bond donors (Lipinski definition) is 1. The first-order chi connectivity index (χ1) is 6.09. The summed E-state index contributed by atoms with van der Waals surface area (Å²) in [5, 5.41) is 3.28. The predicted molar refractivity (Wildman–Crippen MR) is 47.0 cm³/mol. The Morgan fingerprint density at radius 1 is 1.38 bits per heavy atom. The van der Waals surface area contributed by atoms with Crippen LogP contribution in [0.4, 0.5) is 8.78 Å². The van der Waals surface area contributed by atoms with Crippen molar-refractivity contribution in [2.24, 2.45) is 0 Å². The highest BCUT2D eigenvalue weighted by Gasteiger charge is 2.32. The van der Waals surface area contributed by atoms with Crippen LogP contribution in [0.5, 0.6) is 0 Å². The molecule has 0 bridgehead atoms. The number of halogens is 2. The van der Waals surface area contributed by atoms with Crippen molar-refractivity contribution in [1.82, 2.24) is 5.32 Å². The van der Waals surface area contributed by atoms with E-state index >= 15 is 0 Å². The van der Waals surface area contributed by atoms with Gasteiger partial charge in [-0.15, -0.1) is 0 Å². The average molecular weight is 193 g/mol. The molecule has 0 aromatic heterocycles. The molecule has 1 aliphatic carbocycles. The Bertz CT molecular complexity index is 153. The average Bonchev–Trinajstić information content (AvgIpc) is 1.98. The molecule has 0 aromatic rings. The lowest BCUT2D eigenvalue weighted by Gasteiger charge is -2.38. The Morgan fingerprint density at radius 2 is 2.08 bits per heavy atom. The molecule has 1 N–H and O–H groups in total. The van der Waals surface area contributed by atoms with E-state index in [0.29, 0.717) is 6.04 Å². The summed E-state index contributed by atoms with van der Waals surface area (Å²) >= 11 is 0. The van der Waals surface area contributed by atoms with Gasteiger partial charge in [0.15, 0.2) is 0 Å². The molecule has 2 nitrogen and oxygen atoms in total. The van der Waals surface area contributed by atoms with Crippen LogP contribution in [-0.2, 0) is 4.74 Å². The number of hydrogen-bond acceptors (Lipinski definition) is 2. The molecule has 0 aromatic carbocycles. The van der Waals surface area contributed by atoms with Gasteiger partial charge >= 0.3 is 0 Å². The van der Waals surface area contributed by atoms with Gasteiger partial charge in [-0.25, -0.2) is 8.78 Å². The smallest absolute Gasteiger partial charge is 0.261 e. The van der Waals surface area contributed by atoms with Crippen LogP contribution in [0.25, 0.3) is 0 Å². The van der Waals surface area contributed by atoms with Crippen LogP contribution in [0.2, 0.25) is 0 Å². The number of ether oxygens (including phenoxy) is 1. The minimum Gasteiger partial charge on any atom is -0.371 e. The third-order valence-corrected chi connectivity index (χ3v) is 2.19. The summed E-state index contributed by atoms with van der Waals surface area (Å²) in [5.41, 5.74) is 0. The molecular formula is C9H17F2NO. The Hall–Kier alpha value is -0.220. The van der Waals surface area contributed by atoms with E-state index in [1.807, 2.05) is 13.8 Å². The third-order valence-electron chi connectivity index (χ3n) is 2.19. The van der Waals surface area contributed by atoms with Gasteiger partial charge in [0, 0.05) is 12.1 Å². The molecule has 0 heterocycles. The summed E-state index contributed by atoms with van der Waals surface area (Å²) in [6.45, 7) is 3.66. The van der Waals surface area contributed by atoms with E-state index < -0.39 is 13.0 Å². The van der Waals surface area contributed by atoms with E-state index in [4.69, 9.17) is 4.74 Å². The van der Waals surface area contributed by atoms with E-state index in [-0.39, 0.29) is 12.1 Å². The first-order valence-corrected chi connectivity index (χ1v) is 4.75. The monoisotopic (exact) mass is 193 g/mol. The first-order valence-electron chi connectivity index (χ1n) is 4.75. The van der Waals surface area contributed by atoms with Crippen molar-refractivity contribution in [3.05, 3.63) is 0 Å². The Labute approximate surface area is 77.6 Å². The van der Waals surface area contributed by atoms with Crippen LogP contribution in [0.1, 0.15) is 26.7 Å². The molecule has 0 spiro atoms. The molecule has 1 fully saturated rings. The lowest BCUT2D eigenvalue weighted by molar-refractivity contribution is -0.0719. The van der Waals surface area contributed by atoms with Gasteiger partial charge in [-0.2, -0.15) is 0 Å². The normalized spacial score (nSPS) is 28.2. The fourth-order valence-corrected chi connectivity index (χ4v) is 1.48. The molecule has 2 atom stereocenters. The second kappa shape index (κ2) is 4.86. The van der Waals surface area contributed by atoms with E-state index in [9.17, 15) is 8.78 Å². The maximum Gasteiger partial charge on any atom is 0.261 e. The second-order valence-electron chi connectivity index (χ2n) is 3.77. The van der Waals surface area contributed by atoms with Crippen LogP contribution in [0.3, 0.4) is 0 Å². The van der Waals surface area contributed by atoms with Gasteiger partial charge in [0.2, 0.25) is 0 Å². The highest BCUT2D eigenvalue weighted by molar-refractivity contribution is 4.88. The Kier molecular flexibility index (Phi) is 4.06. The minimum atomic E-state index is -2.35. The van der Waals surface area contributed by atoms with Crippen LogP contribution in [0, 0.1) is 0 Å². The molecule has 13 heavy (non-hydrogen) atoms. The zero-order valence-corrected chi connectivity index (χ0v) is 8.09. The highest BCUT2D eigenvalue weighted by Crippen LogP contribution is 2.24. The van der Waals surface area contributed by atoms with Crippen molar-refractivity contribution in [2.75, 3.05) is 6.61 Å². The molecular weight excluding hydrogens is 176 g/mol. The lowest BCUT2D eigenvalue weighted by Crippen LogP contribution is -2.51. The van der Waals surface area contributed by atoms with Crippen molar-refractivity contribution >= 4 is 0 Å². The van der Waals surface area contributed by atoms with Crippen molar-refractivity contribution < 1.29 is 13.5 Å². The van der Waals surface area contributed by atoms with Crippen LogP contribution in [0.15, 0.2) is 0 Å². The quantitative estimate of drug-likeness (QED) is 0.718. The van der Waals surface area contributed by atoms with E-state index in [1.54, 1.807) is 0 Å². The van der Waals surface area contributed by atoms with E-state index in [0.717, 1.165) is 12.8 Å². The second-order valence-corrected chi connectivity index (χ2v) is 3.77. The SMILES string of the molecule is CC(C)N[C@H]1CC[C@H]1OCC(F)F. The van der Waals surface area contributed by atoms with Gasteiger partial charge in [-0.05, 0) is 12.8 Å². The zero-order chi connectivity index (χ0) is 9.84. The molecule has 1 aliphatic rings. The molecule has 1 rings (SSSR count). The maximum atomic E-state index is 11.8. The fourth-order valence-electron chi connectivity index (χ4n) is 1.48. The van der Waals surface area contributed by atoms with Crippen LogP contribution in [-0.4, -0.2) is 31.2 Å². The minimum absolute atomic E-state index is 0.00333. The van der Waals surface area contributed by atoms with E-state index in [1.165, 1.54) is 0 Å². The Balaban J connectivity index is 2.13. The molecule has 0 unspecified atom stereocenters. The van der Waals surface area contributed by atoms with Gasteiger partial charge < -0.3 is 10.1 Å². The number of rotatable bonds is 5. The van der Waals surface area contributed by atoms with Crippen molar-refractivity contribution in [3.8, 4) is 0 Å². The van der Waals surface area contributed by atoms with E-state index in [2.05, 4.69) is 5.32 Å². The molecule has 78 valence electrons. The molecule has 1 saturated carbocycles. The predicted octanol–water partition coefficient (Wildman–Crippen LogP) is 1.80. The van der Waals surface area contributed by atoms with Crippen LogP contribution >= 0.6 is 0 Å². The zero-order valence-electron chi connectivity index (χ0n) is 8.09. The molecule has 0 saturated heterocycles. The Morgan fingerprint density at radius 3 is 2.46 bits per heavy atom. The number of alkyl halides is 2. The van der Waals surface area contributed by atoms with Crippen molar-refractivity contribution in [3.63, 3.8) is 0 Å².